The van der Waals surface area contributed by atoms with E-state index in [2.05, 4.69) is 34.6 Å². The van der Waals surface area contributed by atoms with E-state index in [4.69, 9.17) is 4.42 Å². The second kappa shape index (κ2) is 6.74. The monoisotopic (exact) mass is 331 g/mol. The molecule has 0 aliphatic heterocycles. The molecule has 1 atom stereocenters. The molecule has 3 heterocycles. The molecule has 0 bridgehead atoms. The van der Waals surface area contributed by atoms with Gasteiger partial charge in [0.25, 0.3) is 0 Å². The standard InChI is InChI=1S/C15H17N5O2S/c1-10(2)14(12-6-4-8-23-12)16-13(21)9-20-18-15(17-19-20)11-5-3-7-22-11/h3-8,10,14H,9H2,1-2H3,(H,16,21)/t14-/m0/s1. The molecule has 3 aromatic rings. The number of hydrogen-bond donors (Lipinski definition) is 1. The minimum Gasteiger partial charge on any atom is -0.461 e. The minimum atomic E-state index is -0.152. The normalized spacial score (nSPS) is 12.5. The Morgan fingerprint density at radius 2 is 2.26 bits per heavy atom. The van der Waals surface area contributed by atoms with E-state index in [-0.39, 0.29) is 18.5 Å². The van der Waals surface area contributed by atoms with Gasteiger partial charge in [0.15, 0.2) is 5.76 Å². The predicted molar refractivity (Wildman–Crippen MR) is 85.6 cm³/mol. The Balaban J connectivity index is 1.65. The van der Waals surface area contributed by atoms with Crippen LogP contribution in [0.25, 0.3) is 11.6 Å². The number of furan rings is 1. The number of nitrogens with one attached hydrogen (secondary N) is 1. The van der Waals surface area contributed by atoms with Crippen molar-refractivity contribution in [1.82, 2.24) is 25.5 Å². The first kappa shape index (κ1) is 15.4. The Kier molecular flexibility index (Phi) is 4.52. The summed E-state index contributed by atoms with van der Waals surface area (Å²) in [5.74, 6) is 1.03. The first-order valence-electron chi connectivity index (χ1n) is 7.28. The number of hydrogen-bond acceptors (Lipinski definition) is 6. The fourth-order valence-electron chi connectivity index (χ4n) is 2.20. The van der Waals surface area contributed by atoms with Gasteiger partial charge >= 0.3 is 0 Å². The molecule has 1 N–H and O–H groups in total. The second-order valence-corrected chi connectivity index (χ2v) is 6.40. The molecule has 3 aromatic heterocycles. The van der Waals surface area contributed by atoms with Crippen LogP contribution in [0.15, 0.2) is 40.3 Å². The molecule has 3 rings (SSSR count). The van der Waals surface area contributed by atoms with Gasteiger partial charge in [-0.3, -0.25) is 4.79 Å². The van der Waals surface area contributed by atoms with Gasteiger partial charge in [-0.25, -0.2) is 0 Å². The van der Waals surface area contributed by atoms with Crippen molar-refractivity contribution in [2.75, 3.05) is 0 Å². The number of carbonyl (C=O) groups is 1. The lowest BCUT2D eigenvalue weighted by Crippen LogP contribution is -2.34. The summed E-state index contributed by atoms with van der Waals surface area (Å²) in [5, 5.41) is 17.0. The Hall–Kier alpha value is -2.48. The Morgan fingerprint density at radius 3 is 2.91 bits per heavy atom. The average molecular weight is 331 g/mol. The third-order valence-electron chi connectivity index (χ3n) is 3.31. The second-order valence-electron chi connectivity index (χ2n) is 5.43. The van der Waals surface area contributed by atoms with Gasteiger partial charge in [0.05, 0.1) is 12.3 Å². The molecule has 0 aromatic carbocycles. The van der Waals surface area contributed by atoms with E-state index in [0.717, 1.165) is 4.88 Å². The maximum Gasteiger partial charge on any atom is 0.244 e. The average Bonchev–Trinajstić information content (AvgIpc) is 3.25. The SMILES string of the molecule is CC(C)[C@H](NC(=O)Cn1nnc(-c2ccco2)n1)c1cccs1. The fourth-order valence-corrected chi connectivity index (χ4v) is 3.15. The van der Waals surface area contributed by atoms with Gasteiger partial charge in [-0.05, 0) is 34.7 Å². The highest BCUT2D eigenvalue weighted by Gasteiger charge is 2.20. The summed E-state index contributed by atoms with van der Waals surface area (Å²) >= 11 is 1.63. The van der Waals surface area contributed by atoms with Gasteiger partial charge in [0, 0.05) is 4.88 Å². The number of tetrazole rings is 1. The lowest BCUT2D eigenvalue weighted by Gasteiger charge is -2.21. The number of carbonyl (C=O) groups excluding carboxylic acids is 1. The minimum absolute atomic E-state index is 0.0162. The van der Waals surface area contributed by atoms with Gasteiger partial charge in [-0.2, -0.15) is 4.80 Å². The Labute approximate surface area is 137 Å². The number of amides is 1. The molecule has 120 valence electrons. The molecule has 7 nitrogen and oxygen atoms in total. The molecule has 0 aliphatic rings. The van der Waals surface area contributed by atoms with Crippen LogP contribution in [0.1, 0.15) is 24.8 Å². The highest BCUT2D eigenvalue weighted by Crippen LogP contribution is 2.25. The summed E-state index contributed by atoms with van der Waals surface area (Å²) in [6, 6.07) is 7.48. The topological polar surface area (TPSA) is 85.8 Å². The molecule has 1 amide bonds. The molecule has 0 fully saturated rings. The molecule has 0 spiro atoms. The van der Waals surface area contributed by atoms with E-state index in [1.165, 1.54) is 11.1 Å². The summed E-state index contributed by atoms with van der Waals surface area (Å²) in [5.41, 5.74) is 0. The number of aromatic nitrogens is 4. The van der Waals surface area contributed by atoms with Gasteiger partial charge in [0.2, 0.25) is 11.7 Å². The van der Waals surface area contributed by atoms with Crippen molar-refractivity contribution in [2.24, 2.45) is 5.92 Å². The van der Waals surface area contributed by atoms with Gasteiger partial charge in [0.1, 0.15) is 6.54 Å². The zero-order valence-corrected chi connectivity index (χ0v) is 13.7. The van der Waals surface area contributed by atoms with Crippen LogP contribution >= 0.6 is 11.3 Å². The van der Waals surface area contributed by atoms with Crippen molar-refractivity contribution in [1.29, 1.82) is 0 Å². The van der Waals surface area contributed by atoms with Crippen molar-refractivity contribution >= 4 is 17.2 Å². The molecule has 0 saturated heterocycles. The third kappa shape index (κ3) is 3.65. The zero-order valence-electron chi connectivity index (χ0n) is 12.8. The maximum atomic E-state index is 12.3. The van der Waals surface area contributed by atoms with Crippen molar-refractivity contribution < 1.29 is 9.21 Å². The molecule has 0 radical (unpaired) electrons. The lowest BCUT2D eigenvalue weighted by atomic mass is 10.0. The third-order valence-corrected chi connectivity index (χ3v) is 4.27. The largest absolute Gasteiger partial charge is 0.461 e. The number of rotatable bonds is 6. The summed E-state index contributed by atoms with van der Waals surface area (Å²) in [7, 11) is 0. The Bertz CT molecular complexity index is 749. The summed E-state index contributed by atoms with van der Waals surface area (Å²) in [6.45, 7) is 4.17. The number of nitrogens with zero attached hydrogens (tertiary/aromatic N) is 4. The fraction of sp³-hybridized carbons (Fsp3) is 0.333. The van der Waals surface area contributed by atoms with Crippen molar-refractivity contribution in [3.63, 3.8) is 0 Å². The van der Waals surface area contributed by atoms with Crippen LogP contribution < -0.4 is 5.32 Å². The molecular formula is C15H17N5O2S. The number of thiophene rings is 1. The Morgan fingerprint density at radius 1 is 1.39 bits per heavy atom. The predicted octanol–water partition coefficient (Wildman–Crippen LogP) is 2.51. The molecule has 8 heteroatoms. The summed E-state index contributed by atoms with van der Waals surface area (Å²) in [4.78, 5) is 14.7. The van der Waals surface area contributed by atoms with Crippen LogP contribution in [0, 0.1) is 5.92 Å². The van der Waals surface area contributed by atoms with Gasteiger partial charge < -0.3 is 9.73 Å². The van der Waals surface area contributed by atoms with Crippen LogP contribution in [0.4, 0.5) is 0 Å². The summed E-state index contributed by atoms with van der Waals surface area (Å²) in [6.07, 6.45) is 1.54. The van der Waals surface area contributed by atoms with Crippen molar-refractivity contribution in [3.8, 4) is 11.6 Å². The van der Waals surface area contributed by atoms with E-state index < -0.39 is 0 Å². The lowest BCUT2D eigenvalue weighted by molar-refractivity contribution is -0.123. The van der Waals surface area contributed by atoms with Crippen LogP contribution in [0.3, 0.4) is 0 Å². The first-order valence-corrected chi connectivity index (χ1v) is 8.16. The van der Waals surface area contributed by atoms with Crippen molar-refractivity contribution in [2.45, 2.75) is 26.4 Å². The maximum absolute atomic E-state index is 12.3. The van der Waals surface area contributed by atoms with Crippen LogP contribution in [-0.4, -0.2) is 26.1 Å². The van der Waals surface area contributed by atoms with Gasteiger partial charge in [-0.1, -0.05) is 19.9 Å². The molecular weight excluding hydrogens is 314 g/mol. The molecule has 0 aliphatic carbocycles. The van der Waals surface area contributed by atoms with E-state index >= 15 is 0 Å². The molecule has 0 saturated carbocycles. The summed E-state index contributed by atoms with van der Waals surface area (Å²) < 4.78 is 5.21. The van der Waals surface area contributed by atoms with E-state index in [9.17, 15) is 4.79 Å². The van der Waals surface area contributed by atoms with E-state index in [0.29, 0.717) is 17.5 Å². The first-order chi connectivity index (χ1) is 11.1. The smallest absolute Gasteiger partial charge is 0.244 e. The molecule has 0 unspecified atom stereocenters. The highest BCUT2D eigenvalue weighted by molar-refractivity contribution is 7.10. The zero-order chi connectivity index (χ0) is 16.2. The molecule has 23 heavy (non-hydrogen) atoms. The van der Waals surface area contributed by atoms with Gasteiger partial charge in [-0.15, -0.1) is 21.5 Å². The van der Waals surface area contributed by atoms with Crippen LogP contribution in [0.5, 0.6) is 0 Å². The van der Waals surface area contributed by atoms with E-state index in [1.807, 2.05) is 17.5 Å². The van der Waals surface area contributed by atoms with E-state index in [1.54, 1.807) is 23.5 Å². The van der Waals surface area contributed by atoms with Crippen LogP contribution in [-0.2, 0) is 11.3 Å². The quantitative estimate of drug-likeness (QED) is 0.750. The highest BCUT2D eigenvalue weighted by atomic mass is 32.1. The van der Waals surface area contributed by atoms with Crippen LogP contribution in [0.2, 0.25) is 0 Å². The van der Waals surface area contributed by atoms with Crippen molar-refractivity contribution in [3.05, 3.63) is 40.8 Å².